The molecule has 1 spiro atoms. The fourth-order valence-electron chi connectivity index (χ4n) is 4.00. The van der Waals surface area contributed by atoms with Gasteiger partial charge in [0.15, 0.2) is 5.78 Å². The second-order valence-electron chi connectivity index (χ2n) is 6.54. The molecule has 0 aliphatic heterocycles. The first-order chi connectivity index (χ1) is 9.87. The Morgan fingerprint density at radius 1 is 1.38 bits per heavy atom. The fraction of sp³-hybridized carbons (Fsp3) is 0.529. The van der Waals surface area contributed by atoms with Crippen LogP contribution in [0.2, 0.25) is 0 Å². The van der Waals surface area contributed by atoms with Gasteiger partial charge in [-0.3, -0.25) is 4.79 Å². The fourth-order valence-corrected chi connectivity index (χ4v) is 4.00. The maximum Gasteiger partial charge on any atom is 0.195 e. The van der Waals surface area contributed by atoms with Crippen LogP contribution in [0.4, 0.5) is 0 Å². The summed E-state index contributed by atoms with van der Waals surface area (Å²) < 4.78 is 0. The third kappa shape index (κ3) is 1.72. The predicted octanol–water partition coefficient (Wildman–Crippen LogP) is 2.91. The van der Waals surface area contributed by atoms with Gasteiger partial charge in [-0.2, -0.15) is 0 Å². The highest BCUT2D eigenvalue weighted by atomic mass is 16.4. The summed E-state index contributed by atoms with van der Waals surface area (Å²) in [5.74, 6) is -0.147. The highest BCUT2D eigenvalue weighted by Gasteiger charge is 2.64. The minimum Gasteiger partial charge on any atom is -0.411 e. The number of fused-ring (bicyclic) bond motifs is 1. The molecule has 3 rings (SSSR count). The number of allylic oxidation sites excluding steroid dienone is 4. The van der Waals surface area contributed by atoms with Crippen molar-refractivity contribution < 1.29 is 15.1 Å². The van der Waals surface area contributed by atoms with Gasteiger partial charge in [-0.15, -0.1) is 5.16 Å². The summed E-state index contributed by atoms with van der Waals surface area (Å²) >= 11 is 0. The number of nitrogens with zero attached hydrogens (tertiary/aromatic N) is 1. The van der Waals surface area contributed by atoms with E-state index >= 15 is 0 Å². The lowest BCUT2D eigenvalue weighted by atomic mass is 9.67. The summed E-state index contributed by atoms with van der Waals surface area (Å²) in [7, 11) is 0. The van der Waals surface area contributed by atoms with Gasteiger partial charge in [-0.1, -0.05) is 5.57 Å². The number of hydrogen-bond acceptors (Lipinski definition) is 4. The van der Waals surface area contributed by atoms with Crippen molar-refractivity contribution >= 4 is 12.0 Å². The Labute approximate surface area is 124 Å². The standard InChI is InChI=1S/C17H21NO3/c1-10-9-13-14(12(10)5-4-8-18-21)11(2)17(6-7-17)16(3,20)15(13)19/h8-9,20-21H,4-7H2,1-3H3/b18-8+/t16-/m0/s1. The molecule has 2 N–H and O–H groups in total. The zero-order valence-electron chi connectivity index (χ0n) is 12.7. The average Bonchev–Trinajstić information content (AvgIpc) is 3.18. The molecule has 0 radical (unpaired) electrons. The Morgan fingerprint density at radius 3 is 2.62 bits per heavy atom. The van der Waals surface area contributed by atoms with E-state index in [2.05, 4.69) is 12.1 Å². The Bertz CT molecular complexity index is 643. The van der Waals surface area contributed by atoms with Crippen LogP contribution in [0.15, 0.2) is 39.1 Å². The zero-order chi connectivity index (χ0) is 15.4. The van der Waals surface area contributed by atoms with E-state index in [-0.39, 0.29) is 11.2 Å². The van der Waals surface area contributed by atoms with Crippen LogP contribution in [0.5, 0.6) is 0 Å². The lowest BCUT2D eigenvalue weighted by molar-refractivity contribution is -0.137. The molecular weight excluding hydrogens is 266 g/mol. The van der Waals surface area contributed by atoms with Crippen LogP contribution in [0, 0.1) is 5.41 Å². The summed E-state index contributed by atoms with van der Waals surface area (Å²) in [5.41, 5.74) is 3.42. The summed E-state index contributed by atoms with van der Waals surface area (Å²) in [6, 6.07) is 0. The first-order valence-electron chi connectivity index (χ1n) is 7.43. The van der Waals surface area contributed by atoms with E-state index in [0.29, 0.717) is 12.0 Å². The second-order valence-corrected chi connectivity index (χ2v) is 6.54. The molecule has 4 nitrogen and oxygen atoms in total. The molecule has 0 bridgehead atoms. The maximum atomic E-state index is 12.7. The number of carbonyl (C=O) groups is 1. The van der Waals surface area contributed by atoms with E-state index in [1.165, 1.54) is 6.21 Å². The van der Waals surface area contributed by atoms with E-state index in [1.54, 1.807) is 6.92 Å². The Morgan fingerprint density at radius 2 is 2.05 bits per heavy atom. The van der Waals surface area contributed by atoms with Gasteiger partial charge in [-0.05, 0) is 69.2 Å². The highest BCUT2D eigenvalue weighted by molar-refractivity contribution is 6.10. The number of ketones is 1. The Hall–Kier alpha value is -1.68. The van der Waals surface area contributed by atoms with Crippen LogP contribution in [-0.2, 0) is 4.79 Å². The van der Waals surface area contributed by atoms with Crippen molar-refractivity contribution in [1.82, 2.24) is 0 Å². The second kappa shape index (κ2) is 4.41. The molecule has 1 fully saturated rings. The summed E-state index contributed by atoms with van der Waals surface area (Å²) in [4.78, 5) is 12.7. The number of oxime groups is 1. The largest absolute Gasteiger partial charge is 0.411 e. The number of aliphatic hydroxyl groups is 1. The van der Waals surface area contributed by atoms with Crippen LogP contribution < -0.4 is 0 Å². The molecule has 21 heavy (non-hydrogen) atoms. The van der Waals surface area contributed by atoms with Crippen molar-refractivity contribution in [3.8, 4) is 0 Å². The van der Waals surface area contributed by atoms with Gasteiger partial charge in [0.1, 0.15) is 5.60 Å². The number of rotatable bonds is 3. The molecule has 4 heteroatoms. The SMILES string of the molecule is CC1=C(CC/C=N/O)C2=C(C)C3(CC3)[C@@](C)(O)C(=O)C2=C1. The van der Waals surface area contributed by atoms with E-state index < -0.39 is 5.60 Å². The van der Waals surface area contributed by atoms with Crippen molar-refractivity contribution in [1.29, 1.82) is 0 Å². The van der Waals surface area contributed by atoms with Crippen LogP contribution >= 0.6 is 0 Å². The van der Waals surface area contributed by atoms with Gasteiger partial charge in [0, 0.05) is 17.2 Å². The summed E-state index contributed by atoms with van der Waals surface area (Å²) in [5, 5.41) is 22.3. The molecule has 0 unspecified atom stereocenters. The Balaban J connectivity index is 2.08. The summed E-state index contributed by atoms with van der Waals surface area (Å²) in [6.45, 7) is 5.71. The van der Waals surface area contributed by atoms with Crippen LogP contribution in [-0.4, -0.2) is 27.9 Å². The van der Waals surface area contributed by atoms with E-state index in [1.807, 2.05) is 13.0 Å². The molecule has 1 saturated carbocycles. The van der Waals surface area contributed by atoms with Gasteiger partial charge >= 0.3 is 0 Å². The van der Waals surface area contributed by atoms with Crippen LogP contribution in [0.1, 0.15) is 46.5 Å². The molecule has 3 aliphatic rings. The third-order valence-electron chi connectivity index (χ3n) is 5.47. The van der Waals surface area contributed by atoms with Gasteiger partial charge in [0.05, 0.1) is 0 Å². The zero-order valence-corrected chi connectivity index (χ0v) is 12.7. The summed E-state index contributed by atoms with van der Waals surface area (Å²) in [6.07, 6.45) is 6.50. The molecule has 0 aromatic carbocycles. The van der Waals surface area contributed by atoms with Crippen molar-refractivity contribution in [3.63, 3.8) is 0 Å². The highest BCUT2D eigenvalue weighted by Crippen LogP contribution is 2.65. The van der Waals surface area contributed by atoms with Crippen molar-refractivity contribution in [2.45, 2.75) is 52.1 Å². The molecule has 0 aromatic rings. The number of hydrogen-bond donors (Lipinski definition) is 2. The van der Waals surface area contributed by atoms with Crippen molar-refractivity contribution in [2.24, 2.45) is 10.6 Å². The van der Waals surface area contributed by atoms with Crippen LogP contribution in [0.25, 0.3) is 0 Å². The van der Waals surface area contributed by atoms with Gasteiger partial charge < -0.3 is 10.3 Å². The van der Waals surface area contributed by atoms with Gasteiger partial charge in [0.2, 0.25) is 0 Å². The first kappa shape index (κ1) is 14.3. The van der Waals surface area contributed by atoms with Crippen molar-refractivity contribution in [3.05, 3.63) is 33.9 Å². The smallest absolute Gasteiger partial charge is 0.195 e. The molecular formula is C17H21NO3. The minimum atomic E-state index is -1.28. The molecule has 0 heterocycles. The normalized spacial score (nSPS) is 30.5. The predicted molar refractivity (Wildman–Crippen MR) is 80.3 cm³/mol. The lowest BCUT2D eigenvalue weighted by Gasteiger charge is -2.39. The van der Waals surface area contributed by atoms with E-state index in [4.69, 9.17) is 5.21 Å². The molecule has 3 aliphatic carbocycles. The first-order valence-corrected chi connectivity index (χ1v) is 7.43. The molecule has 0 saturated heterocycles. The minimum absolute atomic E-state index is 0.147. The van der Waals surface area contributed by atoms with Gasteiger partial charge in [0.25, 0.3) is 0 Å². The van der Waals surface area contributed by atoms with Crippen LogP contribution in [0.3, 0.4) is 0 Å². The number of carbonyl (C=O) groups excluding carboxylic acids is 1. The molecule has 1 atom stereocenters. The quantitative estimate of drug-likeness (QED) is 0.476. The topological polar surface area (TPSA) is 69.9 Å². The monoisotopic (exact) mass is 287 g/mol. The number of Topliss-reactive ketones (excluding diaryl/α,β-unsaturated/α-hetero) is 1. The maximum absolute atomic E-state index is 12.7. The molecule has 0 aromatic heterocycles. The van der Waals surface area contributed by atoms with E-state index in [0.717, 1.165) is 41.6 Å². The van der Waals surface area contributed by atoms with Crippen molar-refractivity contribution in [2.75, 3.05) is 0 Å². The average molecular weight is 287 g/mol. The molecule has 0 amide bonds. The third-order valence-corrected chi connectivity index (χ3v) is 5.47. The van der Waals surface area contributed by atoms with Gasteiger partial charge in [-0.25, -0.2) is 0 Å². The lowest BCUT2D eigenvalue weighted by Crippen LogP contribution is -2.49. The Kier molecular flexibility index (Phi) is 2.99. The van der Waals surface area contributed by atoms with E-state index in [9.17, 15) is 9.90 Å². The molecule has 112 valence electrons.